The van der Waals surface area contributed by atoms with Gasteiger partial charge in [0.05, 0.1) is 34.4 Å². The highest BCUT2D eigenvalue weighted by Gasteiger charge is 2.31. The number of esters is 2. The van der Waals surface area contributed by atoms with Crippen molar-refractivity contribution in [2.75, 3.05) is 41.0 Å². The number of unbranched alkanes of at least 4 members (excludes halogenated alkanes) is 16. The van der Waals surface area contributed by atoms with Crippen molar-refractivity contribution in [3.8, 4) is 0 Å². The monoisotopic (exact) mass is 841 g/mol. The van der Waals surface area contributed by atoms with E-state index in [1.807, 2.05) is 21.1 Å². The Hall–Kier alpha value is -3.23. The summed E-state index contributed by atoms with van der Waals surface area (Å²) in [5, 5.41) is 9.64. The van der Waals surface area contributed by atoms with Gasteiger partial charge in [0.1, 0.15) is 6.61 Å². The zero-order valence-corrected chi connectivity index (χ0v) is 39.1. The van der Waals surface area contributed by atoms with Crippen molar-refractivity contribution in [1.29, 1.82) is 0 Å². The van der Waals surface area contributed by atoms with E-state index in [4.69, 9.17) is 14.2 Å². The maximum Gasteiger partial charge on any atom is 0.362 e. The zero-order chi connectivity index (χ0) is 44.2. The van der Waals surface area contributed by atoms with Crippen LogP contribution in [0.2, 0.25) is 0 Å². The smallest absolute Gasteiger partial charge is 0.362 e. The number of carboxylic acids is 1. The van der Waals surface area contributed by atoms with Gasteiger partial charge in [0.2, 0.25) is 0 Å². The van der Waals surface area contributed by atoms with E-state index in [9.17, 15) is 19.5 Å². The first-order chi connectivity index (χ1) is 29.1. The van der Waals surface area contributed by atoms with Gasteiger partial charge in [-0.25, -0.2) is 4.79 Å². The number of likely N-dealkylation sites (N-methyl/N-ethyl adjacent to an activating group) is 1. The van der Waals surface area contributed by atoms with Crippen LogP contribution in [0.4, 0.5) is 0 Å². The first-order valence-electron chi connectivity index (χ1n) is 24.0. The lowest BCUT2D eigenvalue weighted by Crippen LogP contribution is -2.50. The summed E-state index contributed by atoms with van der Waals surface area (Å²) in [5.41, 5.74) is 0. The highest BCUT2D eigenvalue weighted by molar-refractivity contribution is 5.72. The molecule has 0 spiro atoms. The number of allylic oxidation sites excluding steroid dienone is 12. The second kappa shape index (κ2) is 42.5. The SMILES string of the molecule is CC/C=C/C/C=C/C/C=C/CCCCCCCCCCCC(=O)OCC(COCCC(C(=O)O)[N+](C)(C)C)OC(=O)CCC/C=C/C/C=C/C/C=C/CCCCCCCC. The Bertz CT molecular complexity index is 1210. The zero-order valence-electron chi connectivity index (χ0n) is 39.1. The standard InChI is InChI=1S/C52H89NO7/c1-6-8-10-12-14-16-18-20-22-24-25-27-28-30-32-34-36-38-40-42-50(54)59-47-48(46-58-45-44-49(52(56)57)53(3,4)5)60-51(55)43-41-39-37-35-33-31-29-26-23-21-19-17-15-13-11-9-7-2/h8,10,14,16,20-23,29,31,35,37,48-49H,6-7,9,11-13,15,17-19,24-28,30,32-34,36,38-47H2,1-5H3/p+1/b10-8+,16-14+,22-20+,23-21+,31-29+,37-35+. The second-order valence-corrected chi connectivity index (χ2v) is 17.0. The Balaban J connectivity index is 4.38. The lowest BCUT2D eigenvalue weighted by molar-refractivity contribution is -0.887. The molecule has 8 nitrogen and oxygen atoms in total. The van der Waals surface area contributed by atoms with E-state index in [1.54, 1.807) is 0 Å². The van der Waals surface area contributed by atoms with Crippen LogP contribution in [0.15, 0.2) is 72.9 Å². The first kappa shape index (κ1) is 56.8. The number of rotatable bonds is 42. The van der Waals surface area contributed by atoms with Crippen molar-refractivity contribution in [3.63, 3.8) is 0 Å². The lowest BCUT2D eigenvalue weighted by Gasteiger charge is -2.31. The summed E-state index contributed by atoms with van der Waals surface area (Å²) in [6, 6.07) is -0.627. The molecule has 344 valence electrons. The number of aliphatic carboxylic acids is 1. The number of nitrogens with zero attached hydrogens (tertiary/aromatic N) is 1. The van der Waals surface area contributed by atoms with Crippen LogP contribution in [-0.2, 0) is 28.6 Å². The topological polar surface area (TPSA) is 99.1 Å². The van der Waals surface area contributed by atoms with Crippen molar-refractivity contribution in [2.24, 2.45) is 0 Å². The molecule has 0 bridgehead atoms. The van der Waals surface area contributed by atoms with E-state index < -0.39 is 18.1 Å². The molecule has 0 aromatic heterocycles. The molecule has 0 aromatic carbocycles. The van der Waals surface area contributed by atoms with Crippen LogP contribution in [-0.4, -0.2) is 80.6 Å². The molecular weight excluding hydrogens is 751 g/mol. The van der Waals surface area contributed by atoms with E-state index >= 15 is 0 Å². The fraction of sp³-hybridized carbons (Fsp3) is 0.712. The predicted octanol–water partition coefficient (Wildman–Crippen LogP) is 13.5. The number of ether oxygens (including phenoxy) is 3. The molecule has 0 aliphatic carbocycles. The minimum atomic E-state index is -0.885. The van der Waals surface area contributed by atoms with Gasteiger partial charge < -0.3 is 23.8 Å². The lowest BCUT2D eigenvalue weighted by atomic mass is 10.1. The van der Waals surface area contributed by atoms with E-state index in [1.165, 1.54) is 83.5 Å². The van der Waals surface area contributed by atoms with Gasteiger partial charge in [0.15, 0.2) is 12.1 Å². The molecule has 2 unspecified atom stereocenters. The average Bonchev–Trinajstić information content (AvgIpc) is 3.21. The third kappa shape index (κ3) is 40.2. The van der Waals surface area contributed by atoms with Gasteiger partial charge in [-0.05, 0) is 77.0 Å². The highest BCUT2D eigenvalue weighted by Crippen LogP contribution is 2.14. The molecule has 0 aromatic rings. The minimum Gasteiger partial charge on any atom is -0.477 e. The third-order valence-corrected chi connectivity index (χ3v) is 10.3. The Morgan fingerprint density at radius 2 is 0.950 bits per heavy atom. The van der Waals surface area contributed by atoms with Crippen LogP contribution < -0.4 is 0 Å². The molecule has 0 rings (SSSR count). The summed E-state index contributed by atoms with van der Waals surface area (Å²) in [7, 11) is 5.51. The van der Waals surface area contributed by atoms with E-state index in [0.717, 1.165) is 64.2 Å². The Morgan fingerprint density at radius 1 is 0.517 bits per heavy atom. The molecule has 0 aliphatic heterocycles. The number of carboxylic acid groups (broad SMARTS) is 1. The molecule has 60 heavy (non-hydrogen) atoms. The van der Waals surface area contributed by atoms with Crippen LogP contribution >= 0.6 is 0 Å². The summed E-state index contributed by atoms with van der Waals surface area (Å²) in [5.74, 6) is -1.55. The summed E-state index contributed by atoms with van der Waals surface area (Å²) in [6.07, 6.45) is 53.8. The number of hydrogen-bond donors (Lipinski definition) is 1. The van der Waals surface area contributed by atoms with Crippen molar-refractivity contribution < 1.29 is 38.2 Å². The van der Waals surface area contributed by atoms with E-state index in [0.29, 0.717) is 19.3 Å². The van der Waals surface area contributed by atoms with Crippen LogP contribution in [0, 0.1) is 0 Å². The minimum absolute atomic E-state index is 0.0364. The van der Waals surface area contributed by atoms with Crippen LogP contribution in [0.3, 0.4) is 0 Å². The number of carbonyl (C=O) groups excluding carboxylic acids is 2. The maximum absolute atomic E-state index is 12.7. The summed E-state index contributed by atoms with van der Waals surface area (Å²) in [6.45, 7) is 4.56. The van der Waals surface area contributed by atoms with Crippen molar-refractivity contribution in [1.82, 2.24) is 0 Å². The van der Waals surface area contributed by atoms with E-state index in [-0.39, 0.29) is 42.7 Å². The van der Waals surface area contributed by atoms with E-state index in [2.05, 4.69) is 86.8 Å². The van der Waals surface area contributed by atoms with Crippen molar-refractivity contribution in [2.45, 2.75) is 199 Å². The summed E-state index contributed by atoms with van der Waals surface area (Å²) in [4.78, 5) is 37.1. The molecule has 0 fully saturated rings. The van der Waals surface area contributed by atoms with Crippen LogP contribution in [0.25, 0.3) is 0 Å². The molecule has 8 heteroatoms. The number of quaternary nitrogens is 1. The Labute approximate surface area is 368 Å². The molecule has 0 amide bonds. The fourth-order valence-electron chi connectivity index (χ4n) is 6.65. The quantitative estimate of drug-likeness (QED) is 0.0283. The largest absolute Gasteiger partial charge is 0.477 e. The normalized spacial score (nSPS) is 13.6. The first-order valence-corrected chi connectivity index (χ1v) is 24.0. The van der Waals surface area contributed by atoms with Crippen LogP contribution in [0.1, 0.15) is 187 Å². The predicted molar refractivity (Wildman–Crippen MR) is 252 cm³/mol. The van der Waals surface area contributed by atoms with Gasteiger partial charge in [-0.2, -0.15) is 0 Å². The van der Waals surface area contributed by atoms with Gasteiger partial charge in [-0.15, -0.1) is 0 Å². The van der Waals surface area contributed by atoms with Gasteiger partial charge in [-0.1, -0.05) is 164 Å². The fourth-order valence-corrected chi connectivity index (χ4v) is 6.65. The molecular formula is C52H90NO7+. The number of hydrogen-bond acceptors (Lipinski definition) is 6. The molecule has 0 heterocycles. The van der Waals surface area contributed by atoms with Crippen molar-refractivity contribution in [3.05, 3.63) is 72.9 Å². The van der Waals surface area contributed by atoms with Crippen molar-refractivity contribution >= 4 is 17.9 Å². The second-order valence-electron chi connectivity index (χ2n) is 17.0. The molecule has 0 saturated carbocycles. The summed E-state index contributed by atoms with van der Waals surface area (Å²) < 4.78 is 17.3. The molecule has 0 aliphatic rings. The van der Waals surface area contributed by atoms with Gasteiger partial charge >= 0.3 is 17.9 Å². The third-order valence-electron chi connectivity index (χ3n) is 10.3. The molecule has 0 radical (unpaired) electrons. The molecule has 1 N–H and O–H groups in total. The average molecular weight is 841 g/mol. The van der Waals surface area contributed by atoms with Crippen LogP contribution in [0.5, 0.6) is 0 Å². The maximum atomic E-state index is 12.7. The highest BCUT2D eigenvalue weighted by atomic mass is 16.6. The molecule has 0 saturated heterocycles. The number of carbonyl (C=O) groups is 3. The van der Waals surface area contributed by atoms with Gasteiger partial charge in [0.25, 0.3) is 0 Å². The summed E-state index contributed by atoms with van der Waals surface area (Å²) >= 11 is 0. The van der Waals surface area contributed by atoms with Gasteiger partial charge in [-0.3, -0.25) is 9.59 Å². The Kier molecular flexibility index (Phi) is 40.2. The van der Waals surface area contributed by atoms with Gasteiger partial charge in [0, 0.05) is 19.3 Å². The molecule has 2 atom stereocenters. The Morgan fingerprint density at radius 3 is 1.43 bits per heavy atom.